The third kappa shape index (κ3) is 2.54. The van der Waals surface area contributed by atoms with Gasteiger partial charge in [0, 0.05) is 6.54 Å². The van der Waals surface area contributed by atoms with Crippen molar-refractivity contribution in [1.82, 2.24) is 15.5 Å². The van der Waals surface area contributed by atoms with Crippen molar-refractivity contribution in [2.45, 2.75) is 25.5 Å². The highest BCUT2D eigenvalue weighted by Crippen LogP contribution is 2.28. The lowest BCUT2D eigenvalue weighted by molar-refractivity contribution is -0.132. The maximum Gasteiger partial charge on any atom is 0.325 e. The van der Waals surface area contributed by atoms with E-state index in [9.17, 15) is 14.7 Å². The summed E-state index contributed by atoms with van der Waals surface area (Å²) < 4.78 is 5.22. The molecule has 110 valence electrons. The number of nitrogens with zero attached hydrogens (tertiary/aromatic N) is 1. The molecule has 7 nitrogen and oxygen atoms in total. The first-order valence-electron chi connectivity index (χ1n) is 6.56. The van der Waals surface area contributed by atoms with Crippen LogP contribution in [0.2, 0.25) is 0 Å². The zero-order chi connectivity index (χ0) is 14.8. The van der Waals surface area contributed by atoms with Crippen LogP contribution in [0.1, 0.15) is 19.6 Å². The summed E-state index contributed by atoms with van der Waals surface area (Å²) in [6.45, 7) is 4.48. The lowest BCUT2D eigenvalue weighted by atomic mass is 9.99. The molecular formula is C13H19N3O4. The van der Waals surface area contributed by atoms with Crippen LogP contribution in [-0.2, 0) is 10.3 Å². The van der Waals surface area contributed by atoms with Crippen LogP contribution in [0.15, 0.2) is 22.8 Å². The topological polar surface area (TPSA) is 94.8 Å². The standard InChI is InChI=1S/C13H19N3O4/c1-3-14-7-9(17)8-16-11(18)13(2,15-12(16)19)10-5-4-6-20-10/h4-6,9,14,17H,3,7-8H2,1-2H3,(H,15,19). The summed E-state index contributed by atoms with van der Waals surface area (Å²) in [4.78, 5) is 25.3. The van der Waals surface area contributed by atoms with E-state index in [-0.39, 0.29) is 6.54 Å². The van der Waals surface area contributed by atoms with Crippen molar-refractivity contribution in [3.63, 3.8) is 0 Å². The van der Waals surface area contributed by atoms with Crippen LogP contribution < -0.4 is 10.6 Å². The van der Waals surface area contributed by atoms with E-state index in [0.29, 0.717) is 18.8 Å². The smallest absolute Gasteiger partial charge is 0.325 e. The number of hydrogen-bond donors (Lipinski definition) is 3. The maximum atomic E-state index is 12.4. The molecule has 2 heterocycles. The number of carbonyl (C=O) groups is 2. The second-order valence-electron chi connectivity index (χ2n) is 4.91. The van der Waals surface area contributed by atoms with E-state index in [4.69, 9.17) is 4.42 Å². The molecule has 3 N–H and O–H groups in total. The van der Waals surface area contributed by atoms with Gasteiger partial charge in [-0.2, -0.15) is 0 Å². The van der Waals surface area contributed by atoms with Crippen LogP contribution in [-0.4, -0.2) is 47.7 Å². The molecule has 0 saturated carbocycles. The van der Waals surface area contributed by atoms with Gasteiger partial charge in [0.05, 0.1) is 18.9 Å². The van der Waals surface area contributed by atoms with Crippen LogP contribution in [0.4, 0.5) is 4.79 Å². The van der Waals surface area contributed by atoms with Gasteiger partial charge < -0.3 is 20.2 Å². The molecule has 1 aliphatic heterocycles. The number of likely N-dealkylation sites (N-methyl/N-ethyl adjacent to an activating group) is 1. The molecule has 0 aliphatic carbocycles. The third-order valence-corrected chi connectivity index (χ3v) is 3.31. The van der Waals surface area contributed by atoms with E-state index in [2.05, 4.69) is 10.6 Å². The molecule has 0 bridgehead atoms. The van der Waals surface area contributed by atoms with Gasteiger partial charge in [-0.15, -0.1) is 0 Å². The van der Waals surface area contributed by atoms with Crippen molar-refractivity contribution in [2.75, 3.05) is 19.6 Å². The minimum absolute atomic E-state index is 0.0477. The fourth-order valence-corrected chi connectivity index (χ4v) is 2.18. The summed E-state index contributed by atoms with van der Waals surface area (Å²) in [5, 5.41) is 15.4. The van der Waals surface area contributed by atoms with Gasteiger partial charge in [0.1, 0.15) is 5.76 Å². The molecule has 20 heavy (non-hydrogen) atoms. The van der Waals surface area contributed by atoms with Gasteiger partial charge in [-0.25, -0.2) is 4.79 Å². The van der Waals surface area contributed by atoms with E-state index < -0.39 is 23.6 Å². The molecule has 1 aliphatic rings. The Hall–Kier alpha value is -1.86. The number of aliphatic hydroxyl groups excluding tert-OH is 1. The third-order valence-electron chi connectivity index (χ3n) is 3.31. The molecule has 2 unspecified atom stereocenters. The fourth-order valence-electron chi connectivity index (χ4n) is 2.18. The molecule has 0 spiro atoms. The number of furan rings is 1. The number of carbonyl (C=O) groups excluding carboxylic acids is 2. The highest BCUT2D eigenvalue weighted by molar-refractivity contribution is 6.06. The predicted octanol–water partition coefficient (Wildman–Crippen LogP) is 0.0170. The summed E-state index contributed by atoms with van der Waals surface area (Å²) in [6, 6.07) is 2.77. The first-order valence-corrected chi connectivity index (χ1v) is 6.56. The number of rotatable bonds is 6. The number of β-amino-alcohol motifs (C(OH)–C–C–N with tert-alkyl or cyclic N) is 1. The maximum absolute atomic E-state index is 12.4. The molecule has 0 radical (unpaired) electrons. The van der Waals surface area contributed by atoms with E-state index >= 15 is 0 Å². The molecule has 1 saturated heterocycles. The second kappa shape index (κ2) is 5.64. The van der Waals surface area contributed by atoms with E-state index in [1.54, 1.807) is 19.1 Å². The minimum Gasteiger partial charge on any atom is -0.466 e. The van der Waals surface area contributed by atoms with Crippen LogP contribution in [0.25, 0.3) is 0 Å². The zero-order valence-electron chi connectivity index (χ0n) is 11.5. The Bertz CT molecular complexity index is 488. The Kier molecular flexibility index (Phi) is 4.10. The lowest BCUT2D eigenvalue weighted by Gasteiger charge is -2.20. The number of imide groups is 1. The Balaban J connectivity index is 2.09. The largest absolute Gasteiger partial charge is 0.466 e. The fraction of sp³-hybridized carbons (Fsp3) is 0.538. The Morgan fingerprint density at radius 2 is 2.30 bits per heavy atom. The van der Waals surface area contributed by atoms with Crippen LogP contribution in [0.5, 0.6) is 0 Å². The van der Waals surface area contributed by atoms with Crippen molar-refractivity contribution < 1.29 is 19.1 Å². The number of amides is 3. The molecular weight excluding hydrogens is 262 g/mol. The van der Waals surface area contributed by atoms with Crippen molar-refractivity contribution in [1.29, 1.82) is 0 Å². The van der Waals surface area contributed by atoms with Crippen molar-refractivity contribution in [2.24, 2.45) is 0 Å². The molecule has 2 rings (SSSR count). The quantitative estimate of drug-likeness (QED) is 0.639. The van der Waals surface area contributed by atoms with Gasteiger partial charge in [0.15, 0.2) is 5.54 Å². The Morgan fingerprint density at radius 3 is 2.90 bits per heavy atom. The Labute approximate surface area is 116 Å². The summed E-state index contributed by atoms with van der Waals surface area (Å²) in [7, 11) is 0. The number of nitrogens with one attached hydrogen (secondary N) is 2. The molecule has 3 amide bonds. The minimum atomic E-state index is -1.21. The van der Waals surface area contributed by atoms with Crippen LogP contribution >= 0.6 is 0 Å². The highest BCUT2D eigenvalue weighted by atomic mass is 16.3. The average Bonchev–Trinajstić information content (AvgIpc) is 3.01. The normalized spacial score (nSPS) is 24.1. The summed E-state index contributed by atoms with van der Waals surface area (Å²) in [5.41, 5.74) is -1.21. The van der Waals surface area contributed by atoms with Crippen molar-refractivity contribution in [3.05, 3.63) is 24.2 Å². The first-order chi connectivity index (χ1) is 9.49. The summed E-state index contributed by atoms with van der Waals surface area (Å²) >= 11 is 0. The number of aliphatic hydroxyl groups is 1. The number of hydrogen-bond acceptors (Lipinski definition) is 5. The van der Waals surface area contributed by atoms with Crippen LogP contribution in [0, 0.1) is 0 Å². The molecule has 0 aromatic carbocycles. The zero-order valence-corrected chi connectivity index (χ0v) is 11.5. The lowest BCUT2D eigenvalue weighted by Crippen LogP contribution is -2.43. The average molecular weight is 281 g/mol. The van der Waals surface area contributed by atoms with Gasteiger partial charge in [-0.05, 0) is 25.6 Å². The van der Waals surface area contributed by atoms with Gasteiger partial charge in [-0.1, -0.05) is 6.92 Å². The van der Waals surface area contributed by atoms with Crippen LogP contribution in [0.3, 0.4) is 0 Å². The summed E-state index contributed by atoms with van der Waals surface area (Å²) in [5.74, 6) is -0.0486. The van der Waals surface area contributed by atoms with Gasteiger partial charge >= 0.3 is 6.03 Å². The van der Waals surface area contributed by atoms with Crippen molar-refractivity contribution in [3.8, 4) is 0 Å². The first kappa shape index (κ1) is 14.5. The van der Waals surface area contributed by atoms with E-state index in [0.717, 1.165) is 4.90 Å². The molecule has 2 atom stereocenters. The Morgan fingerprint density at radius 1 is 1.55 bits per heavy atom. The second-order valence-corrected chi connectivity index (χ2v) is 4.91. The van der Waals surface area contributed by atoms with E-state index in [1.165, 1.54) is 6.26 Å². The monoisotopic (exact) mass is 281 g/mol. The molecule has 1 aromatic heterocycles. The molecule has 1 fully saturated rings. The molecule has 7 heteroatoms. The summed E-state index contributed by atoms with van der Waals surface area (Å²) in [6.07, 6.45) is 0.645. The van der Waals surface area contributed by atoms with Crippen molar-refractivity contribution >= 4 is 11.9 Å². The number of urea groups is 1. The van der Waals surface area contributed by atoms with E-state index in [1.807, 2.05) is 6.92 Å². The molecule has 1 aromatic rings. The highest BCUT2D eigenvalue weighted by Gasteiger charge is 2.51. The van der Waals surface area contributed by atoms with Gasteiger partial charge in [0.25, 0.3) is 5.91 Å². The SMILES string of the molecule is CCNCC(O)CN1C(=O)NC(C)(c2ccco2)C1=O. The van der Waals surface area contributed by atoms with Gasteiger partial charge in [-0.3, -0.25) is 9.69 Å². The predicted molar refractivity (Wildman–Crippen MR) is 70.9 cm³/mol. The van der Waals surface area contributed by atoms with Gasteiger partial charge in [0.2, 0.25) is 0 Å².